The van der Waals surface area contributed by atoms with E-state index in [2.05, 4.69) is 9.97 Å². The number of nitrogen functional groups attached to an aromatic ring is 2. The molecule has 0 aliphatic carbocycles. The maximum Gasteiger partial charge on any atom is 0.199 e. The molecule has 0 bridgehead atoms. The molecular formula is C6H9N5. The Morgan fingerprint density at radius 2 is 2.27 bits per heavy atom. The summed E-state index contributed by atoms with van der Waals surface area (Å²) in [4.78, 5) is 6.92. The van der Waals surface area contributed by atoms with Gasteiger partial charge in [0, 0.05) is 13.1 Å². The van der Waals surface area contributed by atoms with Gasteiger partial charge in [-0.2, -0.15) is 4.98 Å². The third-order valence-corrected chi connectivity index (χ3v) is 1.73. The molecule has 2 heterocycles. The first kappa shape index (κ1) is 6.09. The largest absolute Gasteiger partial charge is 0.385 e. The lowest BCUT2D eigenvalue weighted by Crippen LogP contribution is -1.96. The average Bonchev–Trinajstić information content (AvgIpc) is 2.37. The van der Waals surface area contributed by atoms with Crippen LogP contribution in [0.2, 0.25) is 0 Å². The number of H-pyrrole nitrogens is 1. The van der Waals surface area contributed by atoms with Crippen LogP contribution in [-0.2, 0) is 7.05 Å². The molecule has 5 heteroatoms. The molecule has 0 aliphatic rings. The molecule has 5 nitrogen and oxygen atoms in total. The van der Waals surface area contributed by atoms with Crippen LogP contribution in [0, 0.1) is 0 Å². The second kappa shape index (κ2) is 1.69. The number of hydrogen-bond donors (Lipinski definition) is 3. The van der Waals surface area contributed by atoms with Gasteiger partial charge in [0.2, 0.25) is 0 Å². The number of nitrogens with zero attached hydrogens (tertiary/aromatic N) is 2. The second-order valence-electron chi connectivity index (χ2n) is 2.49. The van der Waals surface area contributed by atoms with Crippen LogP contribution in [0.3, 0.4) is 0 Å². The molecule has 0 unspecified atom stereocenters. The van der Waals surface area contributed by atoms with Crippen molar-refractivity contribution >= 4 is 22.9 Å². The lowest BCUT2D eigenvalue weighted by molar-refractivity contribution is 0.965. The van der Waals surface area contributed by atoms with Crippen LogP contribution in [0.4, 0.5) is 11.8 Å². The highest BCUT2D eigenvalue weighted by Crippen LogP contribution is 2.17. The van der Waals surface area contributed by atoms with Gasteiger partial charge >= 0.3 is 0 Å². The smallest absolute Gasteiger partial charge is 0.199 e. The topological polar surface area (TPSA) is 85.6 Å². The first-order chi connectivity index (χ1) is 5.18. The van der Waals surface area contributed by atoms with E-state index in [4.69, 9.17) is 11.5 Å². The highest BCUT2D eigenvalue weighted by atomic mass is 15.1. The quantitative estimate of drug-likeness (QED) is 0.498. The number of hydrogen-bond acceptors (Lipinski definition) is 3. The predicted octanol–water partition coefficient (Wildman–Crippen LogP) is 0.0658. The lowest BCUT2D eigenvalue weighted by atomic mass is 10.5. The summed E-state index contributed by atoms with van der Waals surface area (Å²) in [6, 6.07) is 1.80. The van der Waals surface area contributed by atoms with E-state index in [1.54, 1.807) is 10.6 Å². The molecule has 5 N–H and O–H groups in total. The van der Waals surface area contributed by atoms with Gasteiger partial charge in [-0.3, -0.25) is 0 Å². The molecule has 0 atom stereocenters. The minimum atomic E-state index is 0.422. The van der Waals surface area contributed by atoms with Crippen LogP contribution in [0.1, 0.15) is 0 Å². The van der Waals surface area contributed by atoms with Crippen LogP contribution < -0.4 is 11.5 Å². The first-order valence-electron chi connectivity index (χ1n) is 3.25. The number of nitrogens with one attached hydrogen (secondary N) is 1. The lowest BCUT2D eigenvalue weighted by Gasteiger charge is -1.92. The number of nitrogens with two attached hydrogens (primary N) is 2. The standard InChI is InChI=1S/C6H9N5/c1-11-4(7)2-3-5(11)10-6(8)9-3/h2H,7H2,1H3,(H3,8,9,10). The highest BCUT2D eigenvalue weighted by Gasteiger charge is 2.05. The van der Waals surface area contributed by atoms with Crippen LogP contribution in [0.25, 0.3) is 11.2 Å². The molecule has 0 amide bonds. The van der Waals surface area contributed by atoms with Crippen molar-refractivity contribution in [2.75, 3.05) is 11.5 Å². The normalized spacial score (nSPS) is 11.0. The molecule has 0 fully saturated rings. The van der Waals surface area contributed by atoms with Crippen molar-refractivity contribution in [3.05, 3.63) is 6.07 Å². The van der Waals surface area contributed by atoms with Gasteiger partial charge in [-0.25, -0.2) is 0 Å². The zero-order chi connectivity index (χ0) is 8.01. The van der Waals surface area contributed by atoms with Crippen LogP contribution in [-0.4, -0.2) is 14.5 Å². The molecule has 0 spiro atoms. The zero-order valence-corrected chi connectivity index (χ0v) is 6.13. The summed E-state index contributed by atoms with van der Waals surface area (Å²) in [7, 11) is 1.85. The maximum atomic E-state index is 5.61. The van der Waals surface area contributed by atoms with Gasteiger partial charge in [0.25, 0.3) is 0 Å². The minimum absolute atomic E-state index is 0.422. The predicted molar refractivity (Wildman–Crippen MR) is 43.9 cm³/mol. The fraction of sp³-hybridized carbons (Fsp3) is 0.167. The fourth-order valence-electron chi connectivity index (χ4n) is 1.12. The van der Waals surface area contributed by atoms with Crippen molar-refractivity contribution in [1.82, 2.24) is 14.5 Å². The Hall–Kier alpha value is -1.65. The van der Waals surface area contributed by atoms with Crippen molar-refractivity contribution in [2.45, 2.75) is 0 Å². The van der Waals surface area contributed by atoms with E-state index in [1.807, 2.05) is 7.05 Å². The summed E-state index contributed by atoms with van der Waals surface area (Å²) >= 11 is 0. The van der Waals surface area contributed by atoms with Crippen molar-refractivity contribution in [3.63, 3.8) is 0 Å². The van der Waals surface area contributed by atoms with Crippen molar-refractivity contribution in [3.8, 4) is 0 Å². The van der Waals surface area contributed by atoms with Gasteiger partial charge < -0.3 is 21.0 Å². The minimum Gasteiger partial charge on any atom is -0.385 e. The molecule has 0 aliphatic heterocycles. The molecular weight excluding hydrogens is 142 g/mol. The molecule has 2 rings (SSSR count). The third kappa shape index (κ3) is 0.674. The third-order valence-electron chi connectivity index (χ3n) is 1.73. The number of aromatic nitrogens is 3. The summed E-state index contributed by atoms with van der Waals surface area (Å²) < 4.78 is 1.78. The summed E-state index contributed by atoms with van der Waals surface area (Å²) in [6.07, 6.45) is 0. The van der Waals surface area contributed by atoms with Crippen molar-refractivity contribution < 1.29 is 0 Å². The van der Waals surface area contributed by atoms with E-state index in [1.165, 1.54) is 0 Å². The molecule has 0 saturated heterocycles. The summed E-state index contributed by atoms with van der Waals surface area (Å²) in [5.74, 6) is 1.10. The molecule has 11 heavy (non-hydrogen) atoms. The van der Waals surface area contributed by atoms with Gasteiger partial charge in [-0.05, 0) is 0 Å². The van der Waals surface area contributed by atoms with E-state index in [0.29, 0.717) is 11.8 Å². The molecule has 2 aromatic rings. The Labute approximate surface area is 63.0 Å². The molecule has 0 saturated carbocycles. The van der Waals surface area contributed by atoms with E-state index in [9.17, 15) is 0 Å². The Morgan fingerprint density at radius 3 is 2.91 bits per heavy atom. The number of rotatable bonds is 0. The van der Waals surface area contributed by atoms with Crippen molar-refractivity contribution in [2.24, 2.45) is 7.05 Å². The number of aromatic amines is 1. The van der Waals surface area contributed by atoms with Crippen molar-refractivity contribution in [1.29, 1.82) is 0 Å². The Bertz CT molecular complexity index is 396. The van der Waals surface area contributed by atoms with E-state index in [0.717, 1.165) is 11.2 Å². The molecule has 0 radical (unpaired) electrons. The van der Waals surface area contributed by atoms with E-state index >= 15 is 0 Å². The summed E-state index contributed by atoms with van der Waals surface area (Å²) in [6.45, 7) is 0. The zero-order valence-electron chi connectivity index (χ0n) is 6.13. The highest BCUT2D eigenvalue weighted by molar-refractivity contribution is 5.79. The Kier molecular flexibility index (Phi) is 0.934. The van der Waals surface area contributed by atoms with Crippen LogP contribution in [0.5, 0.6) is 0 Å². The first-order valence-corrected chi connectivity index (χ1v) is 3.25. The average molecular weight is 151 g/mol. The summed E-state index contributed by atoms with van der Waals surface area (Å²) in [5, 5.41) is 0. The second-order valence-corrected chi connectivity index (χ2v) is 2.49. The number of anilines is 2. The van der Waals surface area contributed by atoms with Gasteiger partial charge in [-0.15, -0.1) is 0 Å². The Balaban J connectivity index is 2.88. The van der Waals surface area contributed by atoms with E-state index < -0.39 is 0 Å². The number of imidazole rings is 1. The summed E-state index contributed by atoms with van der Waals surface area (Å²) in [5.41, 5.74) is 12.7. The van der Waals surface area contributed by atoms with Gasteiger partial charge in [-0.1, -0.05) is 0 Å². The van der Waals surface area contributed by atoms with Crippen LogP contribution in [0.15, 0.2) is 6.07 Å². The molecule has 0 aromatic carbocycles. The van der Waals surface area contributed by atoms with E-state index in [-0.39, 0.29) is 0 Å². The maximum absolute atomic E-state index is 5.61. The van der Waals surface area contributed by atoms with Gasteiger partial charge in [0.05, 0.1) is 5.52 Å². The monoisotopic (exact) mass is 151 g/mol. The fourth-order valence-corrected chi connectivity index (χ4v) is 1.12. The molecule has 2 aromatic heterocycles. The SMILES string of the molecule is Cn1c(N)cc2[nH]c(N)nc21. The van der Waals surface area contributed by atoms with Gasteiger partial charge in [0.1, 0.15) is 5.82 Å². The van der Waals surface area contributed by atoms with Crippen LogP contribution >= 0.6 is 0 Å². The van der Waals surface area contributed by atoms with Gasteiger partial charge in [0.15, 0.2) is 11.6 Å². The number of fused-ring (bicyclic) bond motifs is 1. The molecule has 58 valence electrons. The Morgan fingerprint density at radius 1 is 1.55 bits per heavy atom. The number of aryl methyl sites for hydroxylation is 1.